The van der Waals surface area contributed by atoms with E-state index in [-0.39, 0.29) is 16.8 Å². The summed E-state index contributed by atoms with van der Waals surface area (Å²) in [6.07, 6.45) is 5.58. The summed E-state index contributed by atoms with van der Waals surface area (Å²) in [6, 6.07) is 5.00. The molecule has 128 valence electrons. The van der Waals surface area contributed by atoms with Gasteiger partial charge in [-0.25, -0.2) is 13.1 Å². The zero-order chi connectivity index (χ0) is 17.0. The third kappa shape index (κ3) is 4.12. The van der Waals surface area contributed by atoms with Gasteiger partial charge < -0.3 is 4.90 Å². The predicted molar refractivity (Wildman–Crippen MR) is 91.0 cm³/mol. The number of sulfonamides is 1. The van der Waals surface area contributed by atoms with Gasteiger partial charge in [0.2, 0.25) is 10.0 Å². The Balaban J connectivity index is 2.29. The Hall–Kier alpha value is -1.40. The fourth-order valence-electron chi connectivity index (χ4n) is 3.10. The van der Waals surface area contributed by atoms with Gasteiger partial charge in [0, 0.05) is 25.2 Å². The zero-order valence-corrected chi connectivity index (χ0v) is 14.9. The Labute approximate surface area is 139 Å². The maximum absolute atomic E-state index is 12.8. The van der Waals surface area contributed by atoms with Gasteiger partial charge in [-0.05, 0) is 37.5 Å². The first-order valence-corrected chi connectivity index (χ1v) is 9.72. The zero-order valence-electron chi connectivity index (χ0n) is 14.1. The van der Waals surface area contributed by atoms with Crippen LogP contribution in [0.25, 0.3) is 0 Å². The largest absolute Gasteiger partial charge is 0.339 e. The molecular formula is C17H26N2O3S. The topological polar surface area (TPSA) is 66.5 Å². The lowest BCUT2D eigenvalue weighted by Crippen LogP contribution is -2.38. The first-order chi connectivity index (χ1) is 10.9. The molecule has 5 nitrogen and oxygen atoms in total. The van der Waals surface area contributed by atoms with E-state index in [1.165, 1.54) is 12.5 Å². The van der Waals surface area contributed by atoms with Crippen LogP contribution in [0.15, 0.2) is 23.1 Å². The predicted octanol–water partition coefficient (Wildman–Crippen LogP) is 2.70. The van der Waals surface area contributed by atoms with Crippen LogP contribution in [0.3, 0.4) is 0 Å². The van der Waals surface area contributed by atoms with Crippen LogP contribution < -0.4 is 4.72 Å². The van der Waals surface area contributed by atoms with E-state index in [0.717, 1.165) is 31.2 Å². The molecule has 0 bridgehead atoms. The number of nitrogens with zero attached hydrogens (tertiary/aromatic N) is 1. The molecule has 0 radical (unpaired) electrons. The SMILES string of the molecule is CCNS(=O)(=O)c1ccc(C)c(C(=O)N(C)C2CCCCC2)c1. The quantitative estimate of drug-likeness (QED) is 0.897. The molecule has 2 rings (SSSR count). The third-order valence-electron chi connectivity index (χ3n) is 4.53. The molecule has 1 amide bonds. The van der Waals surface area contributed by atoms with Crippen LogP contribution in [-0.4, -0.2) is 38.9 Å². The molecule has 23 heavy (non-hydrogen) atoms. The highest BCUT2D eigenvalue weighted by Crippen LogP contribution is 2.24. The van der Waals surface area contributed by atoms with E-state index in [4.69, 9.17) is 0 Å². The van der Waals surface area contributed by atoms with Crippen LogP contribution >= 0.6 is 0 Å². The van der Waals surface area contributed by atoms with Crippen molar-refractivity contribution in [2.75, 3.05) is 13.6 Å². The molecule has 1 aliphatic carbocycles. The van der Waals surface area contributed by atoms with Gasteiger partial charge in [-0.2, -0.15) is 0 Å². The van der Waals surface area contributed by atoms with E-state index in [0.29, 0.717) is 12.1 Å². The van der Waals surface area contributed by atoms with Crippen molar-refractivity contribution in [3.05, 3.63) is 29.3 Å². The number of carbonyl (C=O) groups is 1. The van der Waals surface area contributed by atoms with E-state index >= 15 is 0 Å². The Morgan fingerprint density at radius 2 is 1.91 bits per heavy atom. The van der Waals surface area contributed by atoms with Gasteiger partial charge >= 0.3 is 0 Å². The van der Waals surface area contributed by atoms with Crippen molar-refractivity contribution in [3.63, 3.8) is 0 Å². The first-order valence-electron chi connectivity index (χ1n) is 8.24. The van der Waals surface area contributed by atoms with E-state index in [1.54, 1.807) is 24.0 Å². The fourth-order valence-corrected chi connectivity index (χ4v) is 4.16. The second kappa shape index (κ2) is 7.45. The molecule has 0 aliphatic heterocycles. The van der Waals surface area contributed by atoms with Gasteiger partial charge in [-0.3, -0.25) is 4.79 Å². The van der Waals surface area contributed by atoms with Crippen LogP contribution in [0.1, 0.15) is 54.9 Å². The summed E-state index contributed by atoms with van der Waals surface area (Å²) in [5, 5.41) is 0. The van der Waals surface area contributed by atoms with Crippen molar-refractivity contribution in [1.29, 1.82) is 0 Å². The molecule has 0 atom stereocenters. The van der Waals surface area contributed by atoms with Gasteiger partial charge in [-0.15, -0.1) is 0 Å². The number of hydrogen-bond acceptors (Lipinski definition) is 3. The number of carbonyl (C=O) groups excluding carboxylic acids is 1. The lowest BCUT2D eigenvalue weighted by molar-refractivity contribution is 0.0695. The average molecular weight is 338 g/mol. The molecule has 1 aromatic rings. The van der Waals surface area contributed by atoms with Gasteiger partial charge in [0.15, 0.2) is 0 Å². The van der Waals surface area contributed by atoms with Crippen molar-refractivity contribution in [2.24, 2.45) is 0 Å². The van der Waals surface area contributed by atoms with Crippen LogP contribution in [0.5, 0.6) is 0 Å². The molecule has 0 unspecified atom stereocenters. The third-order valence-corrected chi connectivity index (χ3v) is 6.07. The van der Waals surface area contributed by atoms with Crippen LogP contribution in [0, 0.1) is 6.92 Å². The summed E-state index contributed by atoms with van der Waals surface area (Å²) >= 11 is 0. The molecule has 0 heterocycles. The lowest BCUT2D eigenvalue weighted by Gasteiger charge is -2.31. The first kappa shape index (κ1) is 17.9. The smallest absolute Gasteiger partial charge is 0.254 e. The summed E-state index contributed by atoms with van der Waals surface area (Å²) in [5.74, 6) is -0.0945. The Morgan fingerprint density at radius 1 is 1.26 bits per heavy atom. The van der Waals surface area contributed by atoms with E-state index in [1.807, 2.05) is 14.0 Å². The highest BCUT2D eigenvalue weighted by molar-refractivity contribution is 7.89. The van der Waals surface area contributed by atoms with Crippen molar-refractivity contribution in [1.82, 2.24) is 9.62 Å². The van der Waals surface area contributed by atoms with Gasteiger partial charge in [-0.1, -0.05) is 32.3 Å². The number of amides is 1. The standard InChI is InChI=1S/C17H26N2O3S/c1-4-18-23(21,22)15-11-10-13(2)16(12-15)17(20)19(3)14-8-6-5-7-9-14/h10-12,14,18H,4-9H2,1-3H3. The Kier molecular flexibility index (Phi) is 5.81. The molecule has 1 aliphatic rings. The summed E-state index contributed by atoms with van der Waals surface area (Å²) in [5.41, 5.74) is 1.27. The maximum atomic E-state index is 12.8. The normalized spacial score (nSPS) is 16.3. The molecule has 0 spiro atoms. The minimum absolute atomic E-state index is 0.0945. The molecule has 1 aromatic carbocycles. The molecule has 1 saturated carbocycles. The van der Waals surface area contributed by atoms with Crippen molar-refractivity contribution in [3.8, 4) is 0 Å². The summed E-state index contributed by atoms with van der Waals surface area (Å²) < 4.78 is 26.8. The van der Waals surface area contributed by atoms with E-state index in [2.05, 4.69) is 4.72 Å². The number of nitrogens with one attached hydrogen (secondary N) is 1. The van der Waals surface area contributed by atoms with Crippen LogP contribution in [0.2, 0.25) is 0 Å². The maximum Gasteiger partial charge on any atom is 0.254 e. The second-order valence-electron chi connectivity index (χ2n) is 6.19. The molecule has 0 aromatic heterocycles. The number of rotatable bonds is 5. The molecule has 1 N–H and O–H groups in total. The lowest BCUT2D eigenvalue weighted by atomic mass is 9.94. The fraction of sp³-hybridized carbons (Fsp3) is 0.588. The van der Waals surface area contributed by atoms with Gasteiger partial charge in [0.25, 0.3) is 5.91 Å². The molecule has 1 fully saturated rings. The van der Waals surface area contributed by atoms with Crippen molar-refractivity contribution < 1.29 is 13.2 Å². The summed E-state index contributed by atoms with van der Waals surface area (Å²) in [7, 11) is -1.73. The van der Waals surface area contributed by atoms with Crippen LogP contribution in [-0.2, 0) is 10.0 Å². The van der Waals surface area contributed by atoms with Gasteiger partial charge in [0.1, 0.15) is 0 Å². The number of aryl methyl sites for hydroxylation is 1. The van der Waals surface area contributed by atoms with Crippen molar-refractivity contribution in [2.45, 2.75) is 56.9 Å². The highest BCUT2D eigenvalue weighted by atomic mass is 32.2. The van der Waals surface area contributed by atoms with Gasteiger partial charge in [0.05, 0.1) is 4.90 Å². The Morgan fingerprint density at radius 3 is 2.52 bits per heavy atom. The van der Waals surface area contributed by atoms with Crippen molar-refractivity contribution >= 4 is 15.9 Å². The Bertz CT molecular complexity index is 664. The number of hydrogen-bond donors (Lipinski definition) is 1. The van der Waals surface area contributed by atoms with E-state index in [9.17, 15) is 13.2 Å². The summed E-state index contributed by atoms with van der Waals surface area (Å²) in [6.45, 7) is 3.89. The minimum atomic E-state index is -3.55. The highest BCUT2D eigenvalue weighted by Gasteiger charge is 2.25. The second-order valence-corrected chi connectivity index (χ2v) is 7.95. The monoisotopic (exact) mass is 338 g/mol. The minimum Gasteiger partial charge on any atom is -0.339 e. The summed E-state index contributed by atoms with van der Waals surface area (Å²) in [4.78, 5) is 14.7. The number of benzene rings is 1. The molecule has 0 saturated heterocycles. The molecular weight excluding hydrogens is 312 g/mol. The van der Waals surface area contributed by atoms with E-state index < -0.39 is 10.0 Å². The molecule has 6 heteroatoms. The van der Waals surface area contributed by atoms with Crippen LogP contribution in [0.4, 0.5) is 0 Å². The average Bonchev–Trinajstić information content (AvgIpc) is 2.54.